The SMILES string of the molecule is CCN(C(=O)C(C)(C)C(=O)NCc1cccnc1)C1CCS(=O)(=O)C1. The standard InChI is InChI=1S/C17H25N3O4S/c1-4-20(14-7-9-25(23,24)12-14)16(22)17(2,3)15(21)19-11-13-6-5-8-18-10-13/h5-6,8,10,14H,4,7,9,11-12H2,1-3H3,(H,19,21). The topological polar surface area (TPSA) is 96.4 Å². The zero-order chi connectivity index (χ0) is 18.7. The number of nitrogens with one attached hydrogen (secondary N) is 1. The second kappa shape index (κ2) is 7.51. The lowest BCUT2D eigenvalue weighted by Crippen LogP contribution is -2.52. The Morgan fingerprint density at radius 2 is 2.12 bits per heavy atom. The molecule has 25 heavy (non-hydrogen) atoms. The number of nitrogens with zero attached hydrogens (tertiary/aromatic N) is 2. The highest BCUT2D eigenvalue weighted by Gasteiger charge is 2.43. The molecule has 0 bridgehead atoms. The van der Waals surface area contributed by atoms with Crippen LogP contribution in [0.2, 0.25) is 0 Å². The fraction of sp³-hybridized carbons (Fsp3) is 0.588. The molecule has 1 N–H and O–H groups in total. The highest BCUT2D eigenvalue weighted by molar-refractivity contribution is 7.91. The highest BCUT2D eigenvalue weighted by atomic mass is 32.2. The first-order valence-corrected chi connectivity index (χ1v) is 10.2. The van der Waals surface area contributed by atoms with Gasteiger partial charge in [0.05, 0.1) is 11.5 Å². The van der Waals surface area contributed by atoms with E-state index < -0.39 is 15.3 Å². The quantitative estimate of drug-likeness (QED) is 0.749. The van der Waals surface area contributed by atoms with Gasteiger partial charge in [0.15, 0.2) is 9.84 Å². The van der Waals surface area contributed by atoms with E-state index in [0.29, 0.717) is 13.0 Å². The maximum Gasteiger partial charge on any atom is 0.237 e. The van der Waals surface area contributed by atoms with E-state index in [1.54, 1.807) is 39.2 Å². The molecule has 1 aliphatic rings. The van der Waals surface area contributed by atoms with Crippen LogP contribution in [0.1, 0.15) is 32.8 Å². The van der Waals surface area contributed by atoms with Crippen LogP contribution in [0.15, 0.2) is 24.5 Å². The molecule has 1 aromatic heterocycles. The van der Waals surface area contributed by atoms with Crippen LogP contribution < -0.4 is 5.32 Å². The zero-order valence-electron chi connectivity index (χ0n) is 14.9. The fourth-order valence-electron chi connectivity index (χ4n) is 2.95. The van der Waals surface area contributed by atoms with E-state index in [2.05, 4.69) is 10.3 Å². The number of hydrogen-bond acceptors (Lipinski definition) is 5. The lowest BCUT2D eigenvalue weighted by molar-refractivity contribution is -0.149. The minimum atomic E-state index is -3.10. The van der Waals surface area contributed by atoms with Crippen LogP contribution in [0, 0.1) is 5.41 Å². The van der Waals surface area contributed by atoms with Crippen molar-refractivity contribution in [2.75, 3.05) is 18.1 Å². The van der Waals surface area contributed by atoms with Gasteiger partial charge in [-0.2, -0.15) is 0 Å². The van der Waals surface area contributed by atoms with Crippen LogP contribution in [0.4, 0.5) is 0 Å². The van der Waals surface area contributed by atoms with E-state index in [9.17, 15) is 18.0 Å². The summed E-state index contributed by atoms with van der Waals surface area (Å²) < 4.78 is 23.4. The van der Waals surface area contributed by atoms with Crippen LogP contribution >= 0.6 is 0 Å². The Bertz CT molecular complexity index is 732. The second-order valence-corrected chi connectivity index (χ2v) is 9.05. The lowest BCUT2D eigenvalue weighted by Gasteiger charge is -2.34. The van der Waals surface area contributed by atoms with Crippen molar-refractivity contribution in [3.63, 3.8) is 0 Å². The molecule has 8 heteroatoms. The normalized spacial score (nSPS) is 19.4. The van der Waals surface area contributed by atoms with Crippen LogP contribution in [-0.2, 0) is 26.0 Å². The predicted octanol–water partition coefficient (Wildman–Crippen LogP) is 0.760. The van der Waals surface area contributed by atoms with Crippen molar-refractivity contribution in [2.45, 2.75) is 39.8 Å². The van der Waals surface area contributed by atoms with Crippen LogP contribution in [-0.4, -0.2) is 54.2 Å². The van der Waals surface area contributed by atoms with Gasteiger partial charge < -0.3 is 10.2 Å². The molecule has 1 saturated heterocycles. The van der Waals surface area contributed by atoms with E-state index in [0.717, 1.165) is 5.56 Å². The monoisotopic (exact) mass is 367 g/mol. The molecule has 0 aromatic carbocycles. The van der Waals surface area contributed by atoms with E-state index >= 15 is 0 Å². The summed E-state index contributed by atoms with van der Waals surface area (Å²) in [6.45, 7) is 5.60. The van der Waals surface area contributed by atoms with E-state index in [4.69, 9.17) is 0 Å². The third-order valence-electron chi connectivity index (χ3n) is 4.53. The summed E-state index contributed by atoms with van der Waals surface area (Å²) in [5.41, 5.74) is -0.432. The predicted molar refractivity (Wildman–Crippen MR) is 94.3 cm³/mol. The summed E-state index contributed by atoms with van der Waals surface area (Å²) in [6.07, 6.45) is 3.72. The first kappa shape index (κ1) is 19.4. The molecule has 7 nitrogen and oxygen atoms in total. The second-order valence-electron chi connectivity index (χ2n) is 6.82. The Labute approximate surface area is 148 Å². The largest absolute Gasteiger partial charge is 0.351 e. The van der Waals surface area contributed by atoms with Gasteiger partial charge in [-0.15, -0.1) is 0 Å². The van der Waals surface area contributed by atoms with Gasteiger partial charge in [-0.3, -0.25) is 14.6 Å². The summed E-state index contributed by atoms with van der Waals surface area (Å²) >= 11 is 0. The van der Waals surface area contributed by atoms with Gasteiger partial charge in [-0.1, -0.05) is 6.07 Å². The smallest absolute Gasteiger partial charge is 0.237 e. The third kappa shape index (κ3) is 4.56. The maximum atomic E-state index is 12.9. The Balaban J connectivity index is 2.05. The van der Waals surface area contributed by atoms with Crippen molar-refractivity contribution in [1.82, 2.24) is 15.2 Å². The van der Waals surface area contributed by atoms with Crippen LogP contribution in [0.3, 0.4) is 0 Å². The molecule has 138 valence electrons. The first-order chi connectivity index (χ1) is 11.7. The van der Waals surface area contributed by atoms with Crippen molar-refractivity contribution in [1.29, 1.82) is 0 Å². The van der Waals surface area contributed by atoms with Gasteiger partial charge in [0.2, 0.25) is 11.8 Å². The lowest BCUT2D eigenvalue weighted by atomic mass is 9.89. The van der Waals surface area contributed by atoms with E-state index in [1.807, 2.05) is 6.07 Å². The summed E-state index contributed by atoms with van der Waals surface area (Å²) in [7, 11) is -3.10. The molecule has 0 spiro atoms. The number of carbonyl (C=O) groups excluding carboxylic acids is 2. The molecule has 2 rings (SSSR count). The first-order valence-electron chi connectivity index (χ1n) is 8.36. The van der Waals surface area contributed by atoms with Crippen molar-refractivity contribution >= 4 is 21.7 Å². The Kier molecular flexibility index (Phi) is 5.82. The van der Waals surface area contributed by atoms with E-state index in [-0.39, 0.29) is 35.9 Å². The molecule has 2 amide bonds. The van der Waals surface area contributed by atoms with Gasteiger partial charge in [0.25, 0.3) is 0 Å². The highest BCUT2D eigenvalue weighted by Crippen LogP contribution is 2.25. The van der Waals surface area contributed by atoms with Gasteiger partial charge in [-0.25, -0.2) is 8.42 Å². The van der Waals surface area contributed by atoms with Crippen molar-refractivity contribution in [3.05, 3.63) is 30.1 Å². The van der Waals surface area contributed by atoms with Gasteiger partial charge in [0, 0.05) is 31.5 Å². The average Bonchev–Trinajstić information content (AvgIpc) is 2.93. The number of sulfone groups is 1. The molecule has 1 fully saturated rings. The third-order valence-corrected chi connectivity index (χ3v) is 6.28. The van der Waals surface area contributed by atoms with Crippen molar-refractivity contribution in [3.8, 4) is 0 Å². The molecule has 0 aliphatic carbocycles. The Morgan fingerprint density at radius 1 is 1.40 bits per heavy atom. The van der Waals surface area contributed by atoms with Gasteiger partial charge in [-0.05, 0) is 38.8 Å². The number of aromatic nitrogens is 1. The fourth-order valence-corrected chi connectivity index (χ4v) is 4.68. The van der Waals surface area contributed by atoms with Crippen molar-refractivity contribution in [2.24, 2.45) is 5.41 Å². The summed E-state index contributed by atoms with van der Waals surface area (Å²) in [6, 6.07) is 3.26. The average molecular weight is 367 g/mol. The number of carbonyl (C=O) groups is 2. The van der Waals surface area contributed by atoms with Gasteiger partial charge >= 0.3 is 0 Å². The number of amides is 2. The summed E-state index contributed by atoms with van der Waals surface area (Å²) in [4.78, 5) is 31.0. The zero-order valence-corrected chi connectivity index (χ0v) is 15.7. The molecule has 1 aromatic rings. The number of pyridine rings is 1. The van der Waals surface area contributed by atoms with Gasteiger partial charge in [0.1, 0.15) is 5.41 Å². The van der Waals surface area contributed by atoms with E-state index in [1.165, 1.54) is 4.90 Å². The molecule has 0 radical (unpaired) electrons. The molecule has 1 aliphatic heterocycles. The Hall–Kier alpha value is -1.96. The molecule has 1 atom stereocenters. The molecule has 2 heterocycles. The number of rotatable bonds is 6. The van der Waals surface area contributed by atoms with Crippen LogP contribution in [0.5, 0.6) is 0 Å². The molecular weight excluding hydrogens is 342 g/mol. The van der Waals surface area contributed by atoms with Crippen LogP contribution in [0.25, 0.3) is 0 Å². The molecule has 0 saturated carbocycles. The summed E-state index contributed by atoms with van der Waals surface area (Å²) in [5.74, 6) is -0.670. The van der Waals surface area contributed by atoms with Crippen molar-refractivity contribution < 1.29 is 18.0 Å². The minimum Gasteiger partial charge on any atom is -0.351 e. The summed E-state index contributed by atoms with van der Waals surface area (Å²) in [5, 5.41) is 2.76. The molecule has 1 unspecified atom stereocenters. The maximum absolute atomic E-state index is 12.9. The molecular formula is C17H25N3O4S. The minimum absolute atomic E-state index is 0.0278. The Morgan fingerprint density at radius 3 is 2.64 bits per heavy atom. The number of hydrogen-bond donors (Lipinski definition) is 1.